The van der Waals surface area contributed by atoms with E-state index < -0.39 is 0 Å². The molecule has 1 aliphatic heterocycles. The van der Waals surface area contributed by atoms with E-state index in [2.05, 4.69) is 28.9 Å². The third-order valence-corrected chi connectivity index (χ3v) is 6.81. The molecule has 4 heterocycles. The Kier molecular flexibility index (Phi) is 5.23. The molecule has 1 aliphatic carbocycles. The third kappa shape index (κ3) is 3.82. The van der Waals surface area contributed by atoms with Crippen molar-refractivity contribution in [3.63, 3.8) is 0 Å². The summed E-state index contributed by atoms with van der Waals surface area (Å²) in [6, 6.07) is 12.4. The maximum absolute atomic E-state index is 13.5. The number of hydrogen-bond donors (Lipinski definition) is 0. The zero-order valence-corrected chi connectivity index (χ0v) is 17.7. The Hall–Kier alpha value is -2.77. The minimum Gasteiger partial charge on any atom is -0.463 e. The molecular weight excluding hydrogens is 396 g/mol. The number of rotatable bonds is 7. The minimum absolute atomic E-state index is 0.0256. The van der Waals surface area contributed by atoms with E-state index in [-0.39, 0.29) is 18.0 Å². The van der Waals surface area contributed by atoms with Gasteiger partial charge in [-0.15, -0.1) is 11.3 Å². The molecule has 0 saturated heterocycles. The van der Waals surface area contributed by atoms with Crippen LogP contribution in [0, 0.1) is 0 Å². The lowest BCUT2D eigenvalue weighted by atomic mass is 10.1. The van der Waals surface area contributed by atoms with Crippen molar-refractivity contribution in [2.45, 2.75) is 44.3 Å². The Balaban J connectivity index is 1.39. The maximum atomic E-state index is 13.5. The molecule has 154 valence electrons. The number of hydrazone groups is 1. The van der Waals surface area contributed by atoms with Crippen molar-refractivity contribution in [2.75, 3.05) is 6.54 Å². The second kappa shape index (κ2) is 8.16. The van der Waals surface area contributed by atoms with Gasteiger partial charge < -0.3 is 4.42 Å². The van der Waals surface area contributed by atoms with Crippen molar-refractivity contribution in [3.8, 4) is 0 Å². The molecule has 3 aromatic rings. The van der Waals surface area contributed by atoms with Gasteiger partial charge in [-0.2, -0.15) is 5.10 Å². The van der Waals surface area contributed by atoms with Crippen molar-refractivity contribution < 1.29 is 9.21 Å². The normalized spacial score (nSPS) is 19.9. The van der Waals surface area contributed by atoms with Crippen LogP contribution >= 0.6 is 11.3 Å². The highest BCUT2D eigenvalue weighted by Gasteiger charge is 2.39. The van der Waals surface area contributed by atoms with Crippen molar-refractivity contribution in [2.24, 2.45) is 5.10 Å². The summed E-state index contributed by atoms with van der Waals surface area (Å²) in [7, 11) is 0. The van der Waals surface area contributed by atoms with Crippen molar-refractivity contribution >= 4 is 23.0 Å². The van der Waals surface area contributed by atoms with Gasteiger partial charge in [0.15, 0.2) is 0 Å². The summed E-state index contributed by atoms with van der Waals surface area (Å²) >= 11 is 1.66. The standard InChI is InChI=1S/C23H24N4O2S/c1-16(17-5-2-10-24-14-17)26(18-8-9-18)15-23(28)27-20(22-7-4-12-30-22)13-19(25-27)21-6-3-11-29-21/h2-7,10-12,14,16,18,20H,8-9,13,15H2,1H3/t16-,20+/m1/s1. The molecule has 0 bridgehead atoms. The molecule has 0 spiro atoms. The molecule has 0 radical (unpaired) electrons. The van der Waals surface area contributed by atoms with Crippen LogP contribution in [-0.2, 0) is 4.79 Å². The third-order valence-electron chi connectivity index (χ3n) is 5.84. The maximum Gasteiger partial charge on any atom is 0.257 e. The highest BCUT2D eigenvalue weighted by molar-refractivity contribution is 7.10. The van der Waals surface area contributed by atoms with Crippen LogP contribution in [0.5, 0.6) is 0 Å². The topological polar surface area (TPSA) is 61.9 Å². The predicted octanol–water partition coefficient (Wildman–Crippen LogP) is 4.64. The quantitative estimate of drug-likeness (QED) is 0.559. The summed E-state index contributed by atoms with van der Waals surface area (Å²) < 4.78 is 5.55. The monoisotopic (exact) mass is 420 g/mol. The van der Waals surface area contributed by atoms with Gasteiger partial charge in [-0.25, -0.2) is 5.01 Å². The minimum atomic E-state index is -0.0765. The number of hydrogen-bond acceptors (Lipinski definition) is 6. The number of pyridine rings is 1. The Morgan fingerprint density at radius 1 is 1.30 bits per heavy atom. The lowest BCUT2D eigenvalue weighted by Crippen LogP contribution is -2.40. The number of thiophene rings is 1. The van der Waals surface area contributed by atoms with Gasteiger partial charge in [-0.05, 0) is 55.0 Å². The van der Waals surface area contributed by atoms with Gasteiger partial charge in [-0.1, -0.05) is 12.1 Å². The molecule has 6 nitrogen and oxygen atoms in total. The molecule has 0 N–H and O–H groups in total. The molecule has 1 amide bonds. The number of nitrogens with zero attached hydrogens (tertiary/aromatic N) is 4. The van der Waals surface area contributed by atoms with Crippen LogP contribution < -0.4 is 0 Å². The smallest absolute Gasteiger partial charge is 0.257 e. The van der Waals surface area contributed by atoms with E-state index in [0.29, 0.717) is 19.0 Å². The molecule has 2 atom stereocenters. The average molecular weight is 421 g/mol. The summed E-state index contributed by atoms with van der Waals surface area (Å²) in [4.78, 5) is 21.2. The molecular formula is C23H24N4O2S. The van der Waals surface area contributed by atoms with Gasteiger partial charge in [0.05, 0.1) is 18.8 Å². The van der Waals surface area contributed by atoms with Crippen LogP contribution in [-0.4, -0.2) is 39.1 Å². The van der Waals surface area contributed by atoms with Crippen LogP contribution in [0.1, 0.15) is 54.5 Å². The SMILES string of the molecule is C[C@H](c1cccnc1)N(CC(=O)N1N=C(c2ccco2)C[C@H]1c1cccs1)C1CC1. The van der Waals surface area contributed by atoms with Crippen molar-refractivity contribution in [3.05, 3.63) is 76.6 Å². The van der Waals surface area contributed by atoms with Gasteiger partial charge in [0.2, 0.25) is 0 Å². The molecule has 30 heavy (non-hydrogen) atoms. The van der Waals surface area contributed by atoms with Gasteiger partial charge in [0.25, 0.3) is 5.91 Å². The molecule has 1 fully saturated rings. The summed E-state index contributed by atoms with van der Waals surface area (Å²) in [5.74, 6) is 0.757. The van der Waals surface area contributed by atoms with Crippen LogP contribution in [0.4, 0.5) is 0 Å². The predicted molar refractivity (Wildman–Crippen MR) is 116 cm³/mol. The molecule has 5 rings (SSSR count). The Labute approximate surface area is 179 Å². The van der Waals surface area contributed by atoms with Crippen LogP contribution in [0.3, 0.4) is 0 Å². The Bertz CT molecular complexity index is 1010. The van der Waals surface area contributed by atoms with E-state index in [4.69, 9.17) is 9.52 Å². The van der Waals surface area contributed by atoms with Crippen molar-refractivity contribution in [1.82, 2.24) is 14.9 Å². The lowest BCUT2D eigenvalue weighted by molar-refractivity contribution is -0.135. The van der Waals surface area contributed by atoms with Gasteiger partial charge >= 0.3 is 0 Å². The molecule has 0 unspecified atom stereocenters. The molecule has 7 heteroatoms. The Morgan fingerprint density at radius 2 is 2.20 bits per heavy atom. The molecule has 2 aliphatic rings. The highest BCUT2D eigenvalue weighted by Crippen LogP contribution is 2.37. The van der Waals surface area contributed by atoms with E-state index >= 15 is 0 Å². The summed E-state index contributed by atoms with van der Waals surface area (Å²) in [6.07, 6.45) is 8.25. The first-order valence-electron chi connectivity index (χ1n) is 10.3. The zero-order chi connectivity index (χ0) is 20.5. The van der Waals surface area contributed by atoms with Crippen LogP contribution in [0.15, 0.2) is 70.0 Å². The van der Waals surface area contributed by atoms with E-state index in [1.807, 2.05) is 35.8 Å². The average Bonchev–Trinajstić information content (AvgIpc) is 3.21. The zero-order valence-electron chi connectivity index (χ0n) is 16.8. The number of amides is 1. The fourth-order valence-electron chi connectivity index (χ4n) is 4.07. The Morgan fingerprint density at radius 3 is 2.87 bits per heavy atom. The number of carbonyl (C=O) groups excluding carboxylic acids is 1. The number of aromatic nitrogens is 1. The van der Waals surface area contributed by atoms with Crippen LogP contribution in [0.25, 0.3) is 0 Å². The van der Waals surface area contributed by atoms with E-state index in [0.717, 1.165) is 34.8 Å². The molecule has 3 aromatic heterocycles. The number of carbonyl (C=O) groups is 1. The first kappa shape index (κ1) is 19.2. The van der Waals surface area contributed by atoms with Crippen LogP contribution in [0.2, 0.25) is 0 Å². The lowest BCUT2D eigenvalue weighted by Gasteiger charge is -2.31. The van der Waals surface area contributed by atoms with E-state index in [1.54, 1.807) is 28.8 Å². The summed E-state index contributed by atoms with van der Waals surface area (Å²) in [6.45, 7) is 2.50. The van der Waals surface area contributed by atoms with E-state index in [1.165, 1.54) is 0 Å². The second-order valence-electron chi connectivity index (χ2n) is 7.86. The fourth-order valence-corrected chi connectivity index (χ4v) is 4.88. The molecule has 1 saturated carbocycles. The van der Waals surface area contributed by atoms with Gasteiger partial charge in [0, 0.05) is 35.8 Å². The van der Waals surface area contributed by atoms with Gasteiger partial charge in [0.1, 0.15) is 11.5 Å². The fraction of sp³-hybridized carbons (Fsp3) is 0.348. The largest absolute Gasteiger partial charge is 0.463 e. The first-order chi connectivity index (χ1) is 14.7. The molecule has 0 aromatic carbocycles. The summed E-state index contributed by atoms with van der Waals surface area (Å²) in [5.41, 5.74) is 1.96. The number of furan rings is 1. The summed E-state index contributed by atoms with van der Waals surface area (Å²) in [5, 5.41) is 8.43. The van der Waals surface area contributed by atoms with Crippen molar-refractivity contribution in [1.29, 1.82) is 0 Å². The van der Waals surface area contributed by atoms with Gasteiger partial charge in [-0.3, -0.25) is 14.7 Å². The second-order valence-corrected chi connectivity index (χ2v) is 8.84. The van der Waals surface area contributed by atoms with E-state index in [9.17, 15) is 4.79 Å². The first-order valence-corrected chi connectivity index (χ1v) is 11.2. The highest BCUT2D eigenvalue weighted by atomic mass is 32.1.